The highest BCUT2D eigenvalue weighted by Gasteiger charge is 2.53. The average Bonchev–Trinajstić information content (AvgIpc) is 3.50. The van der Waals surface area contributed by atoms with Crippen molar-refractivity contribution in [3.8, 4) is 23.0 Å². The van der Waals surface area contributed by atoms with Crippen molar-refractivity contribution >= 4 is 35.8 Å². The predicted octanol–water partition coefficient (Wildman–Crippen LogP) is 3.20. The summed E-state index contributed by atoms with van der Waals surface area (Å²) in [6.07, 6.45) is -7.00. The summed E-state index contributed by atoms with van der Waals surface area (Å²) in [5.41, 5.74) is 1.54. The fraction of sp³-hybridized carbons (Fsp3) is 0.526. The molecule has 8 atom stereocenters. The molecule has 0 aliphatic carbocycles. The van der Waals surface area contributed by atoms with Crippen LogP contribution in [0.1, 0.15) is 58.8 Å². The number of hydrogen-bond donors (Lipinski definition) is 0. The summed E-state index contributed by atoms with van der Waals surface area (Å²) < 4.78 is 62.0. The standard InChI is InChI=1S/C38H46O17/c1-19(39)47-17-28-27(13-25-9-11-29(50-21(3)41)31(14-25)45-7)16-49-34(28)26-10-12-30(32(15-26)46-8)54-38-37(53-24(6)44)36(52-23(5)43)35(51-22(4)42)33(55-38)18-48-20(2)40/h9-12,14-15,27-28,33-38H,13,16-18H2,1-8H3/t27-,28-,33+,34+,35+,36-,37+,38+/m0/s1. The Morgan fingerprint density at radius 1 is 0.636 bits per heavy atom. The molecule has 55 heavy (non-hydrogen) atoms. The second kappa shape index (κ2) is 19.3. The van der Waals surface area contributed by atoms with Crippen LogP contribution < -0.4 is 18.9 Å². The highest BCUT2D eigenvalue weighted by Crippen LogP contribution is 2.44. The van der Waals surface area contributed by atoms with E-state index in [1.165, 1.54) is 35.0 Å². The molecule has 0 amide bonds. The molecule has 2 aromatic rings. The molecule has 0 saturated carbocycles. The van der Waals surface area contributed by atoms with Crippen LogP contribution in [0.5, 0.6) is 23.0 Å². The van der Waals surface area contributed by atoms with Gasteiger partial charge in [-0.2, -0.15) is 0 Å². The summed E-state index contributed by atoms with van der Waals surface area (Å²) in [6.45, 7) is 7.09. The topological polar surface area (TPSA) is 204 Å². The second-order valence-corrected chi connectivity index (χ2v) is 12.9. The molecular formula is C38H46O17. The van der Waals surface area contributed by atoms with Gasteiger partial charge in [-0.3, -0.25) is 28.8 Å². The Morgan fingerprint density at radius 2 is 1.22 bits per heavy atom. The van der Waals surface area contributed by atoms with Crippen molar-refractivity contribution in [2.75, 3.05) is 34.0 Å². The van der Waals surface area contributed by atoms with Crippen LogP contribution in [0.3, 0.4) is 0 Å². The number of esters is 6. The number of ether oxygens (including phenoxy) is 11. The number of benzene rings is 2. The van der Waals surface area contributed by atoms with Gasteiger partial charge in [0.1, 0.15) is 12.7 Å². The van der Waals surface area contributed by atoms with Crippen molar-refractivity contribution < 1.29 is 80.9 Å². The molecule has 4 rings (SSSR count). The monoisotopic (exact) mass is 774 g/mol. The molecule has 0 radical (unpaired) electrons. The van der Waals surface area contributed by atoms with Gasteiger partial charge in [-0.15, -0.1) is 0 Å². The molecule has 17 nitrogen and oxygen atoms in total. The fourth-order valence-corrected chi connectivity index (χ4v) is 6.46. The maximum absolute atomic E-state index is 12.3. The molecule has 2 fully saturated rings. The van der Waals surface area contributed by atoms with Crippen molar-refractivity contribution in [2.24, 2.45) is 11.8 Å². The predicted molar refractivity (Wildman–Crippen MR) is 186 cm³/mol. The van der Waals surface area contributed by atoms with Gasteiger partial charge in [0.15, 0.2) is 35.2 Å². The third kappa shape index (κ3) is 11.5. The second-order valence-electron chi connectivity index (χ2n) is 12.9. The summed E-state index contributed by atoms with van der Waals surface area (Å²) in [7, 11) is 2.88. The van der Waals surface area contributed by atoms with Crippen molar-refractivity contribution in [2.45, 2.75) is 84.8 Å². The molecule has 0 aromatic heterocycles. The van der Waals surface area contributed by atoms with Gasteiger partial charge in [0.05, 0.1) is 33.5 Å². The van der Waals surface area contributed by atoms with Crippen molar-refractivity contribution in [1.29, 1.82) is 0 Å². The summed E-state index contributed by atoms with van der Waals surface area (Å²) in [6, 6.07) is 10.2. The molecule has 0 spiro atoms. The Morgan fingerprint density at radius 3 is 1.82 bits per heavy atom. The first-order valence-electron chi connectivity index (χ1n) is 17.3. The summed E-state index contributed by atoms with van der Waals surface area (Å²) in [4.78, 5) is 71.8. The quantitative estimate of drug-likeness (QED) is 0.145. The molecule has 2 heterocycles. The number of rotatable bonds is 15. The van der Waals surface area contributed by atoms with Gasteiger partial charge in [-0.1, -0.05) is 12.1 Å². The van der Waals surface area contributed by atoms with Crippen molar-refractivity contribution in [3.05, 3.63) is 47.5 Å². The van der Waals surface area contributed by atoms with Gasteiger partial charge in [-0.25, -0.2) is 0 Å². The number of carbonyl (C=O) groups excluding carboxylic acids is 6. The van der Waals surface area contributed by atoms with E-state index < -0.39 is 79.2 Å². The Bertz CT molecular complexity index is 1720. The molecule has 0 bridgehead atoms. The maximum atomic E-state index is 12.3. The van der Waals surface area contributed by atoms with E-state index in [-0.39, 0.29) is 35.7 Å². The van der Waals surface area contributed by atoms with Gasteiger partial charge >= 0.3 is 35.8 Å². The van der Waals surface area contributed by atoms with Crippen LogP contribution in [-0.2, 0) is 68.3 Å². The van der Waals surface area contributed by atoms with E-state index in [4.69, 9.17) is 52.1 Å². The average molecular weight is 775 g/mol. The van der Waals surface area contributed by atoms with Crippen LogP contribution in [0.15, 0.2) is 36.4 Å². The van der Waals surface area contributed by atoms with E-state index >= 15 is 0 Å². The largest absolute Gasteiger partial charge is 0.493 e. The van der Waals surface area contributed by atoms with Crippen LogP contribution in [0.4, 0.5) is 0 Å². The number of carbonyl (C=O) groups is 6. The minimum Gasteiger partial charge on any atom is -0.493 e. The van der Waals surface area contributed by atoms with Crippen LogP contribution in [0, 0.1) is 11.8 Å². The van der Waals surface area contributed by atoms with Crippen LogP contribution in [0.25, 0.3) is 0 Å². The smallest absolute Gasteiger partial charge is 0.308 e. The third-order valence-corrected chi connectivity index (χ3v) is 8.65. The lowest BCUT2D eigenvalue weighted by Gasteiger charge is -2.44. The Kier molecular flexibility index (Phi) is 14.8. The SMILES string of the molecule is COc1cc(C[C@H]2CO[C@H](c3ccc(O[C@@H]4O[C@H](COC(C)=O)[C@@H](OC(C)=O)[C@H](OC(C)=O)[C@H]4OC(C)=O)c(OC)c3)[C@H]2COC(C)=O)ccc1OC(C)=O. The molecule has 17 heteroatoms. The molecule has 2 aliphatic heterocycles. The lowest BCUT2D eigenvalue weighted by Crippen LogP contribution is -2.63. The Balaban J connectivity index is 1.64. The van der Waals surface area contributed by atoms with E-state index in [1.807, 2.05) is 6.07 Å². The number of methoxy groups -OCH3 is 2. The molecule has 2 aromatic carbocycles. The van der Waals surface area contributed by atoms with Gasteiger partial charge in [0.2, 0.25) is 12.4 Å². The summed E-state index contributed by atoms with van der Waals surface area (Å²) in [5.74, 6) is -3.38. The molecule has 300 valence electrons. The van der Waals surface area contributed by atoms with Crippen LogP contribution >= 0.6 is 0 Å². The van der Waals surface area contributed by atoms with E-state index in [1.54, 1.807) is 30.3 Å². The van der Waals surface area contributed by atoms with Gasteiger partial charge in [-0.05, 0) is 47.7 Å². The van der Waals surface area contributed by atoms with Gasteiger partial charge < -0.3 is 52.1 Å². The zero-order valence-corrected chi connectivity index (χ0v) is 31.9. The zero-order valence-electron chi connectivity index (χ0n) is 31.9. The van der Waals surface area contributed by atoms with E-state index in [0.29, 0.717) is 24.3 Å². The summed E-state index contributed by atoms with van der Waals surface area (Å²) >= 11 is 0. The van der Waals surface area contributed by atoms with Gasteiger partial charge in [0.25, 0.3) is 0 Å². The Hall–Kier alpha value is -5.42. The highest BCUT2D eigenvalue weighted by molar-refractivity contribution is 5.71. The first-order valence-corrected chi connectivity index (χ1v) is 17.3. The molecular weight excluding hydrogens is 728 g/mol. The highest BCUT2D eigenvalue weighted by atomic mass is 16.7. The van der Waals surface area contributed by atoms with Crippen molar-refractivity contribution in [3.63, 3.8) is 0 Å². The van der Waals surface area contributed by atoms with E-state index in [2.05, 4.69) is 0 Å². The zero-order chi connectivity index (χ0) is 40.4. The third-order valence-electron chi connectivity index (χ3n) is 8.65. The molecule has 0 unspecified atom stereocenters. The first-order chi connectivity index (χ1) is 26.1. The van der Waals surface area contributed by atoms with E-state index in [0.717, 1.165) is 26.3 Å². The summed E-state index contributed by atoms with van der Waals surface area (Å²) in [5, 5.41) is 0. The molecule has 2 aliphatic rings. The minimum absolute atomic E-state index is 0.0542. The molecule has 0 N–H and O–H groups in total. The van der Waals surface area contributed by atoms with Crippen LogP contribution in [0.2, 0.25) is 0 Å². The lowest BCUT2D eigenvalue weighted by atomic mass is 9.84. The maximum Gasteiger partial charge on any atom is 0.308 e. The molecule has 2 saturated heterocycles. The van der Waals surface area contributed by atoms with Crippen LogP contribution in [-0.4, -0.2) is 101 Å². The normalized spacial score (nSPS) is 24.4. The fourth-order valence-electron chi connectivity index (χ4n) is 6.46. The van der Waals surface area contributed by atoms with Crippen molar-refractivity contribution in [1.82, 2.24) is 0 Å². The minimum atomic E-state index is -1.49. The van der Waals surface area contributed by atoms with Gasteiger partial charge in [0, 0.05) is 47.5 Å². The number of hydrogen-bond acceptors (Lipinski definition) is 17. The Labute approximate surface area is 317 Å². The van der Waals surface area contributed by atoms with E-state index in [9.17, 15) is 28.8 Å². The lowest BCUT2D eigenvalue weighted by molar-refractivity contribution is -0.288. The first kappa shape index (κ1) is 42.3.